The van der Waals surface area contributed by atoms with Gasteiger partial charge in [-0.1, -0.05) is 12.8 Å². The molecule has 5 heteroatoms. The number of hydrogen-bond donors (Lipinski definition) is 1. The highest BCUT2D eigenvalue weighted by Gasteiger charge is 2.49. The lowest BCUT2D eigenvalue weighted by Crippen LogP contribution is -2.27. The molecule has 2 fully saturated rings. The molecule has 2 aliphatic carbocycles. The molecule has 2 saturated carbocycles. The van der Waals surface area contributed by atoms with Crippen LogP contribution >= 0.6 is 0 Å². The van der Waals surface area contributed by atoms with E-state index in [1.807, 2.05) is 0 Å². The van der Waals surface area contributed by atoms with E-state index in [0.29, 0.717) is 0 Å². The Morgan fingerprint density at radius 1 is 1.25 bits per heavy atom. The number of carbonyl (C=O) groups is 1. The van der Waals surface area contributed by atoms with Gasteiger partial charge in [0.2, 0.25) is 0 Å². The second-order valence-corrected chi connectivity index (χ2v) is 7.57. The first kappa shape index (κ1) is 11.9. The van der Waals surface area contributed by atoms with Gasteiger partial charge in [0.05, 0.1) is 17.4 Å². The van der Waals surface area contributed by atoms with Crippen molar-refractivity contribution in [1.29, 1.82) is 0 Å². The molecule has 2 rings (SSSR count). The molecule has 0 unspecified atom stereocenters. The summed E-state index contributed by atoms with van der Waals surface area (Å²) in [4.78, 5) is 10.7. The molecule has 4 nitrogen and oxygen atoms in total. The van der Waals surface area contributed by atoms with E-state index in [1.165, 1.54) is 0 Å². The molecule has 0 heterocycles. The Morgan fingerprint density at radius 3 is 2.25 bits per heavy atom. The van der Waals surface area contributed by atoms with Crippen molar-refractivity contribution in [1.82, 2.24) is 0 Å². The molecule has 0 spiro atoms. The standard InChI is InChI=1S/C11H18O4S/c12-10(13)7-11(5-6-11)8-16(14,15)9-3-1-2-4-9/h9H,1-8H2,(H,12,13). The molecule has 92 valence electrons. The maximum Gasteiger partial charge on any atom is 0.303 e. The zero-order chi connectivity index (χ0) is 11.8. The van der Waals surface area contributed by atoms with Crippen molar-refractivity contribution in [3.05, 3.63) is 0 Å². The van der Waals surface area contributed by atoms with Crippen molar-refractivity contribution in [2.24, 2.45) is 5.41 Å². The molecular weight excluding hydrogens is 228 g/mol. The average Bonchev–Trinajstić information content (AvgIpc) is 2.68. The van der Waals surface area contributed by atoms with E-state index >= 15 is 0 Å². The van der Waals surface area contributed by atoms with Crippen LogP contribution in [0.25, 0.3) is 0 Å². The van der Waals surface area contributed by atoms with Crippen molar-refractivity contribution in [2.75, 3.05) is 5.75 Å². The van der Waals surface area contributed by atoms with Crippen LogP contribution in [0.3, 0.4) is 0 Å². The predicted molar refractivity (Wildman–Crippen MR) is 60.0 cm³/mol. The molecule has 2 aliphatic rings. The first-order chi connectivity index (χ1) is 7.44. The molecule has 0 aromatic carbocycles. The first-order valence-corrected chi connectivity index (χ1v) is 7.59. The van der Waals surface area contributed by atoms with Crippen LogP contribution in [0.2, 0.25) is 0 Å². The van der Waals surface area contributed by atoms with Gasteiger partial charge in [0.25, 0.3) is 0 Å². The van der Waals surface area contributed by atoms with Crippen molar-refractivity contribution in [3.63, 3.8) is 0 Å². The summed E-state index contributed by atoms with van der Waals surface area (Å²) >= 11 is 0. The highest BCUT2D eigenvalue weighted by molar-refractivity contribution is 7.92. The van der Waals surface area contributed by atoms with Gasteiger partial charge in [0.15, 0.2) is 9.84 Å². The number of sulfone groups is 1. The van der Waals surface area contributed by atoms with E-state index < -0.39 is 21.2 Å². The van der Waals surface area contributed by atoms with E-state index in [-0.39, 0.29) is 17.4 Å². The van der Waals surface area contributed by atoms with Gasteiger partial charge in [-0.2, -0.15) is 0 Å². The van der Waals surface area contributed by atoms with E-state index in [0.717, 1.165) is 38.5 Å². The average molecular weight is 246 g/mol. The van der Waals surface area contributed by atoms with Gasteiger partial charge in [0.1, 0.15) is 0 Å². The Balaban J connectivity index is 2.00. The van der Waals surface area contributed by atoms with Crippen LogP contribution < -0.4 is 0 Å². The number of aliphatic carboxylic acids is 1. The van der Waals surface area contributed by atoms with Crippen LogP contribution in [-0.2, 0) is 14.6 Å². The molecule has 0 aromatic heterocycles. The lowest BCUT2D eigenvalue weighted by Gasteiger charge is -2.16. The maximum absolute atomic E-state index is 12.1. The fraction of sp³-hybridized carbons (Fsp3) is 0.909. The second-order valence-electron chi connectivity index (χ2n) is 5.28. The normalized spacial score (nSPS) is 24.5. The minimum atomic E-state index is -3.06. The number of hydrogen-bond acceptors (Lipinski definition) is 3. The quantitative estimate of drug-likeness (QED) is 0.799. The van der Waals surface area contributed by atoms with Crippen LogP contribution in [0.4, 0.5) is 0 Å². The molecular formula is C11H18O4S. The fourth-order valence-corrected chi connectivity index (χ4v) is 5.19. The van der Waals surface area contributed by atoms with Crippen molar-refractivity contribution < 1.29 is 18.3 Å². The summed E-state index contributed by atoms with van der Waals surface area (Å²) in [7, 11) is -3.06. The summed E-state index contributed by atoms with van der Waals surface area (Å²) in [5, 5.41) is 8.56. The Hall–Kier alpha value is -0.580. The third-order valence-electron chi connectivity index (χ3n) is 3.80. The molecule has 0 amide bonds. The Labute approximate surface area is 96.0 Å². The minimum Gasteiger partial charge on any atom is -0.481 e. The lowest BCUT2D eigenvalue weighted by atomic mass is 10.1. The number of carboxylic acids is 1. The fourth-order valence-electron chi connectivity index (χ4n) is 2.66. The smallest absolute Gasteiger partial charge is 0.303 e. The summed E-state index contributed by atoms with van der Waals surface area (Å²) in [6.07, 6.45) is 5.05. The monoisotopic (exact) mass is 246 g/mol. The van der Waals surface area contributed by atoms with Crippen LogP contribution in [0.15, 0.2) is 0 Å². The van der Waals surface area contributed by atoms with Crippen molar-refractivity contribution in [2.45, 2.75) is 50.2 Å². The van der Waals surface area contributed by atoms with Crippen LogP contribution in [-0.4, -0.2) is 30.5 Å². The van der Waals surface area contributed by atoms with E-state index in [2.05, 4.69) is 0 Å². The lowest BCUT2D eigenvalue weighted by molar-refractivity contribution is -0.138. The SMILES string of the molecule is O=C(O)CC1(CS(=O)(=O)C2CCCC2)CC1. The largest absolute Gasteiger partial charge is 0.481 e. The summed E-state index contributed by atoms with van der Waals surface area (Å²) in [5.41, 5.74) is -0.423. The van der Waals surface area contributed by atoms with Crippen molar-refractivity contribution >= 4 is 15.8 Å². The Bertz CT molecular complexity index is 375. The van der Waals surface area contributed by atoms with Gasteiger partial charge in [-0.05, 0) is 31.1 Å². The predicted octanol–water partition coefficient (Wildman–Crippen LogP) is 1.60. The highest BCUT2D eigenvalue weighted by atomic mass is 32.2. The third-order valence-corrected chi connectivity index (χ3v) is 6.30. The van der Waals surface area contributed by atoms with Gasteiger partial charge in [-0.25, -0.2) is 8.42 Å². The molecule has 0 aliphatic heterocycles. The zero-order valence-electron chi connectivity index (χ0n) is 9.31. The molecule has 0 saturated heterocycles. The molecule has 16 heavy (non-hydrogen) atoms. The summed E-state index contributed by atoms with van der Waals surface area (Å²) in [5.74, 6) is -0.782. The maximum atomic E-state index is 12.1. The molecule has 0 atom stereocenters. The van der Waals surface area contributed by atoms with Gasteiger partial charge < -0.3 is 5.11 Å². The molecule has 0 bridgehead atoms. The van der Waals surface area contributed by atoms with Gasteiger partial charge in [-0.3, -0.25) is 4.79 Å². The van der Waals surface area contributed by atoms with Crippen LogP contribution in [0, 0.1) is 5.41 Å². The summed E-state index contributed by atoms with van der Waals surface area (Å²) in [6.45, 7) is 0. The number of carboxylic acid groups (broad SMARTS) is 1. The minimum absolute atomic E-state index is 0.0128. The van der Waals surface area contributed by atoms with Crippen LogP contribution in [0.5, 0.6) is 0 Å². The van der Waals surface area contributed by atoms with Gasteiger partial charge >= 0.3 is 5.97 Å². The number of rotatable bonds is 5. The molecule has 0 aromatic rings. The van der Waals surface area contributed by atoms with Gasteiger partial charge in [-0.15, -0.1) is 0 Å². The first-order valence-electron chi connectivity index (χ1n) is 5.87. The Morgan fingerprint density at radius 2 is 1.81 bits per heavy atom. The molecule has 1 N–H and O–H groups in total. The second kappa shape index (κ2) is 4.02. The summed E-state index contributed by atoms with van der Waals surface area (Å²) in [6, 6.07) is 0. The Kier molecular flexibility index (Phi) is 2.99. The third kappa shape index (κ3) is 2.56. The van der Waals surface area contributed by atoms with Gasteiger partial charge in [0, 0.05) is 0 Å². The highest BCUT2D eigenvalue weighted by Crippen LogP contribution is 2.50. The van der Waals surface area contributed by atoms with Crippen LogP contribution in [0.1, 0.15) is 44.9 Å². The molecule has 0 radical (unpaired) electrons. The van der Waals surface area contributed by atoms with E-state index in [9.17, 15) is 13.2 Å². The van der Waals surface area contributed by atoms with E-state index in [4.69, 9.17) is 5.11 Å². The van der Waals surface area contributed by atoms with E-state index in [1.54, 1.807) is 0 Å². The zero-order valence-corrected chi connectivity index (χ0v) is 10.1. The van der Waals surface area contributed by atoms with Crippen molar-refractivity contribution in [3.8, 4) is 0 Å². The summed E-state index contributed by atoms with van der Waals surface area (Å²) < 4.78 is 24.2. The topological polar surface area (TPSA) is 71.4 Å².